The van der Waals surface area contributed by atoms with E-state index in [-0.39, 0.29) is 23.7 Å². The van der Waals surface area contributed by atoms with Crippen LogP contribution in [0.15, 0.2) is 47.1 Å². The van der Waals surface area contributed by atoms with Crippen LogP contribution in [-0.2, 0) is 4.79 Å². The SMILES string of the molecule is COc1ccc([C@@H]2CN(C(=O)c3ccco3)C[C@@H]2C(=O)NCC(C)C)cc1. The molecule has 0 aliphatic carbocycles. The minimum Gasteiger partial charge on any atom is -0.497 e. The predicted octanol–water partition coefficient (Wildman–Crippen LogP) is 2.92. The molecule has 1 aromatic carbocycles. The first kappa shape index (κ1) is 19.0. The molecule has 0 bridgehead atoms. The van der Waals surface area contributed by atoms with E-state index in [9.17, 15) is 9.59 Å². The van der Waals surface area contributed by atoms with Gasteiger partial charge in [-0.15, -0.1) is 0 Å². The molecule has 6 nitrogen and oxygen atoms in total. The quantitative estimate of drug-likeness (QED) is 0.849. The van der Waals surface area contributed by atoms with Gasteiger partial charge in [0.2, 0.25) is 5.91 Å². The maximum absolute atomic E-state index is 12.8. The van der Waals surface area contributed by atoms with Gasteiger partial charge in [-0.1, -0.05) is 26.0 Å². The topological polar surface area (TPSA) is 71.8 Å². The van der Waals surface area contributed by atoms with Crippen molar-refractivity contribution in [1.82, 2.24) is 10.2 Å². The molecule has 1 aliphatic rings. The minimum absolute atomic E-state index is 0.0146. The van der Waals surface area contributed by atoms with Crippen LogP contribution in [-0.4, -0.2) is 43.5 Å². The first-order chi connectivity index (χ1) is 13.0. The molecule has 0 unspecified atom stereocenters. The number of rotatable bonds is 6. The van der Waals surface area contributed by atoms with E-state index in [1.165, 1.54) is 6.26 Å². The van der Waals surface area contributed by atoms with Gasteiger partial charge in [-0.05, 0) is 35.7 Å². The normalized spacial score (nSPS) is 19.3. The van der Waals surface area contributed by atoms with Crippen LogP contribution in [0.4, 0.5) is 0 Å². The molecule has 6 heteroatoms. The lowest BCUT2D eigenvalue weighted by atomic mass is 9.88. The molecule has 1 fully saturated rings. The molecule has 144 valence electrons. The molecule has 1 aromatic heterocycles. The van der Waals surface area contributed by atoms with Gasteiger partial charge in [0, 0.05) is 25.6 Å². The second-order valence-electron chi connectivity index (χ2n) is 7.31. The number of hydrogen-bond acceptors (Lipinski definition) is 4. The average Bonchev–Trinajstić information content (AvgIpc) is 3.35. The average molecular weight is 370 g/mol. The minimum atomic E-state index is -0.295. The van der Waals surface area contributed by atoms with E-state index in [1.54, 1.807) is 24.1 Å². The van der Waals surface area contributed by atoms with Crippen molar-refractivity contribution in [1.29, 1.82) is 0 Å². The molecule has 0 saturated carbocycles. The summed E-state index contributed by atoms with van der Waals surface area (Å²) in [5.74, 6) is 0.874. The summed E-state index contributed by atoms with van der Waals surface area (Å²) in [5, 5.41) is 3.02. The molecule has 3 rings (SSSR count). The molecule has 27 heavy (non-hydrogen) atoms. The summed E-state index contributed by atoms with van der Waals surface area (Å²) in [4.78, 5) is 27.2. The first-order valence-corrected chi connectivity index (χ1v) is 9.24. The number of nitrogens with zero attached hydrogens (tertiary/aromatic N) is 1. The summed E-state index contributed by atoms with van der Waals surface area (Å²) in [6, 6.07) is 11.0. The highest BCUT2D eigenvalue weighted by atomic mass is 16.5. The van der Waals surface area contributed by atoms with E-state index in [0.29, 0.717) is 31.3 Å². The Morgan fingerprint density at radius 1 is 1.22 bits per heavy atom. The zero-order valence-corrected chi connectivity index (χ0v) is 16.0. The van der Waals surface area contributed by atoms with Gasteiger partial charge in [-0.3, -0.25) is 9.59 Å². The fourth-order valence-corrected chi connectivity index (χ4v) is 3.42. The summed E-state index contributed by atoms with van der Waals surface area (Å²) in [6.07, 6.45) is 1.48. The zero-order valence-electron chi connectivity index (χ0n) is 16.0. The van der Waals surface area contributed by atoms with Gasteiger partial charge >= 0.3 is 0 Å². The Labute approximate surface area is 159 Å². The van der Waals surface area contributed by atoms with Crippen LogP contribution in [0.2, 0.25) is 0 Å². The van der Waals surface area contributed by atoms with Gasteiger partial charge in [0.15, 0.2) is 5.76 Å². The Morgan fingerprint density at radius 3 is 2.56 bits per heavy atom. The fraction of sp³-hybridized carbons (Fsp3) is 0.429. The standard InChI is InChI=1S/C21H26N2O4/c1-14(2)11-22-20(24)18-13-23(21(25)19-5-4-10-27-19)12-17(18)15-6-8-16(26-3)9-7-15/h4-10,14,17-18H,11-13H2,1-3H3,(H,22,24)/t17-,18-/m0/s1. The summed E-state index contributed by atoms with van der Waals surface area (Å²) >= 11 is 0. The van der Waals surface area contributed by atoms with Crippen molar-refractivity contribution in [3.63, 3.8) is 0 Å². The number of ether oxygens (including phenoxy) is 1. The van der Waals surface area contributed by atoms with E-state index >= 15 is 0 Å². The number of furan rings is 1. The summed E-state index contributed by atoms with van der Waals surface area (Å²) in [5.41, 5.74) is 1.02. The molecule has 1 saturated heterocycles. The molecule has 2 aromatic rings. The van der Waals surface area contributed by atoms with Gasteiger partial charge in [0.1, 0.15) is 5.75 Å². The largest absolute Gasteiger partial charge is 0.497 e. The number of nitrogens with one attached hydrogen (secondary N) is 1. The van der Waals surface area contributed by atoms with Crippen molar-refractivity contribution in [3.8, 4) is 5.75 Å². The van der Waals surface area contributed by atoms with E-state index in [4.69, 9.17) is 9.15 Å². The third-order valence-corrected chi connectivity index (χ3v) is 4.90. The fourth-order valence-electron chi connectivity index (χ4n) is 3.42. The van der Waals surface area contributed by atoms with Crippen LogP contribution in [0.5, 0.6) is 5.75 Å². The number of benzene rings is 1. The number of carbonyl (C=O) groups excluding carboxylic acids is 2. The maximum atomic E-state index is 12.8. The van der Waals surface area contributed by atoms with Crippen LogP contribution < -0.4 is 10.1 Å². The van der Waals surface area contributed by atoms with Crippen LogP contribution >= 0.6 is 0 Å². The van der Waals surface area contributed by atoms with Crippen LogP contribution in [0, 0.1) is 11.8 Å². The van der Waals surface area contributed by atoms with Crippen molar-refractivity contribution in [2.75, 3.05) is 26.7 Å². The molecule has 1 N–H and O–H groups in total. The highest BCUT2D eigenvalue weighted by molar-refractivity contribution is 5.92. The van der Waals surface area contributed by atoms with Gasteiger partial charge in [-0.25, -0.2) is 0 Å². The summed E-state index contributed by atoms with van der Waals surface area (Å²) < 4.78 is 10.5. The number of carbonyl (C=O) groups is 2. The van der Waals surface area contributed by atoms with Crippen LogP contribution in [0.1, 0.15) is 35.9 Å². The van der Waals surface area contributed by atoms with Crippen molar-refractivity contribution < 1.29 is 18.7 Å². The van der Waals surface area contributed by atoms with Gasteiger partial charge < -0.3 is 19.4 Å². The van der Waals surface area contributed by atoms with Gasteiger partial charge in [0.05, 0.1) is 19.3 Å². The lowest BCUT2D eigenvalue weighted by Gasteiger charge is -2.19. The number of hydrogen-bond donors (Lipinski definition) is 1. The first-order valence-electron chi connectivity index (χ1n) is 9.24. The molecule has 0 radical (unpaired) electrons. The number of amides is 2. The van der Waals surface area contributed by atoms with E-state index in [0.717, 1.165) is 11.3 Å². The van der Waals surface area contributed by atoms with Crippen molar-refractivity contribution in [2.24, 2.45) is 11.8 Å². The number of likely N-dealkylation sites (tertiary alicyclic amines) is 1. The van der Waals surface area contributed by atoms with E-state index in [2.05, 4.69) is 19.2 Å². The molecule has 2 atom stereocenters. The molecule has 0 spiro atoms. The third-order valence-electron chi connectivity index (χ3n) is 4.90. The second-order valence-corrected chi connectivity index (χ2v) is 7.31. The summed E-state index contributed by atoms with van der Waals surface area (Å²) in [6.45, 7) is 5.59. The molecular weight excluding hydrogens is 344 g/mol. The van der Waals surface area contributed by atoms with Crippen LogP contribution in [0.3, 0.4) is 0 Å². The molecule has 2 heterocycles. The Kier molecular flexibility index (Phi) is 5.84. The van der Waals surface area contributed by atoms with E-state index in [1.807, 2.05) is 24.3 Å². The lowest BCUT2D eigenvalue weighted by Crippen LogP contribution is -2.37. The van der Waals surface area contributed by atoms with E-state index < -0.39 is 0 Å². The smallest absolute Gasteiger partial charge is 0.289 e. The van der Waals surface area contributed by atoms with Crippen molar-refractivity contribution >= 4 is 11.8 Å². The third kappa shape index (κ3) is 4.32. The van der Waals surface area contributed by atoms with Crippen molar-refractivity contribution in [2.45, 2.75) is 19.8 Å². The Balaban J connectivity index is 1.81. The van der Waals surface area contributed by atoms with Gasteiger partial charge in [-0.2, -0.15) is 0 Å². The Morgan fingerprint density at radius 2 is 1.96 bits per heavy atom. The lowest BCUT2D eigenvalue weighted by molar-refractivity contribution is -0.125. The Hall–Kier alpha value is -2.76. The van der Waals surface area contributed by atoms with Crippen LogP contribution in [0.25, 0.3) is 0 Å². The highest BCUT2D eigenvalue weighted by Crippen LogP contribution is 2.34. The monoisotopic (exact) mass is 370 g/mol. The molecular formula is C21H26N2O4. The maximum Gasteiger partial charge on any atom is 0.289 e. The van der Waals surface area contributed by atoms with Crippen molar-refractivity contribution in [3.05, 3.63) is 54.0 Å². The highest BCUT2D eigenvalue weighted by Gasteiger charge is 2.41. The Bertz CT molecular complexity index is 768. The predicted molar refractivity (Wildman–Crippen MR) is 102 cm³/mol. The second kappa shape index (κ2) is 8.29. The summed E-state index contributed by atoms with van der Waals surface area (Å²) in [7, 11) is 1.62. The molecule has 1 aliphatic heterocycles. The zero-order chi connectivity index (χ0) is 19.4. The number of methoxy groups -OCH3 is 1. The van der Waals surface area contributed by atoms with Gasteiger partial charge in [0.25, 0.3) is 5.91 Å². The molecule has 2 amide bonds.